The lowest BCUT2D eigenvalue weighted by Crippen LogP contribution is -2.34. The predicted octanol–water partition coefficient (Wildman–Crippen LogP) is 2.61. The number of benzene rings is 1. The number of nitrogens with two attached hydrogens (primary N) is 1. The van der Waals surface area contributed by atoms with Crippen LogP contribution in [0.4, 0.5) is 0 Å². The summed E-state index contributed by atoms with van der Waals surface area (Å²) in [5.41, 5.74) is 6.67. The van der Waals surface area contributed by atoms with Gasteiger partial charge in [0.05, 0.1) is 0 Å². The van der Waals surface area contributed by atoms with E-state index in [2.05, 4.69) is 0 Å². The zero-order valence-electron chi connectivity index (χ0n) is 11.6. The van der Waals surface area contributed by atoms with Crippen molar-refractivity contribution in [1.29, 1.82) is 0 Å². The Balaban J connectivity index is 2.75. The molecule has 0 radical (unpaired) electrons. The fourth-order valence-electron chi connectivity index (χ4n) is 1.81. The van der Waals surface area contributed by atoms with Gasteiger partial charge in [0.2, 0.25) is 0 Å². The van der Waals surface area contributed by atoms with Crippen LogP contribution in [0, 0.1) is 0 Å². The van der Waals surface area contributed by atoms with Crippen LogP contribution >= 0.6 is 11.6 Å². The first kappa shape index (κ1) is 15.8. The molecule has 1 atom stereocenters. The van der Waals surface area contributed by atoms with Crippen molar-refractivity contribution in [2.45, 2.75) is 26.8 Å². The van der Waals surface area contributed by atoms with Crippen LogP contribution in [0.1, 0.15) is 32.4 Å². The summed E-state index contributed by atoms with van der Waals surface area (Å²) in [5.74, 6) is 0.579. The molecule has 1 amide bonds. The number of ether oxygens (including phenoxy) is 1. The standard InChI is InChI=1S/C14H21ClN2O2/c1-4-17(5-2)14(18)9-19-13-7-6-11(15)8-12(13)10(3)16/h6-8,10H,4-5,9,16H2,1-3H3/t10-/m0/s1. The van der Waals surface area contributed by atoms with Crippen LogP contribution < -0.4 is 10.5 Å². The molecule has 4 nitrogen and oxygen atoms in total. The number of halogens is 1. The highest BCUT2D eigenvalue weighted by atomic mass is 35.5. The van der Waals surface area contributed by atoms with E-state index < -0.39 is 0 Å². The molecule has 19 heavy (non-hydrogen) atoms. The molecule has 0 aliphatic rings. The fraction of sp³-hybridized carbons (Fsp3) is 0.500. The Bertz CT molecular complexity index is 431. The number of likely N-dealkylation sites (N-methyl/N-ethyl adjacent to an activating group) is 1. The van der Waals surface area contributed by atoms with Crippen LogP contribution in [-0.2, 0) is 4.79 Å². The number of hydrogen-bond acceptors (Lipinski definition) is 3. The summed E-state index contributed by atoms with van der Waals surface area (Å²) >= 11 is 5.93. The first-order valence-electron chi connectivity index (χ1n) is 6.45. The van der Waals surface area contributed by atoms with Crippen LogP contribution in [0.15, 0.2) is 18.2 Å². The Morgan fingerprint density at radius 1 is 1.42 bits per heavy atom. The van der Waals surface area contributed by atoms with Gasteiger partial charge >= 0.3 is 0 Å². The zero-order valence-corrected chi connectivity index (χ0v) is 12.4. The summed E-state index contributed by atoms with van der Waals surface area (Å²) in [6, 6.07) is 5.04. The molecule has 0 heterocycles. The van der Waals surface area contributed by atoms with Crippen LogP contribution in [0.3, 0.4) is 0 Å². The van der Waals surface area contributed by atoms with Crippen molar-refractivity contribution < 1.29 is 9.53 Å². The first-order valence-corrected chi connectivity index (χ1v) is 6.83. The average Bonchev–Trinajstić information content (AvgIpc) is 2.38. The van der Waals surface area contributed by atoms with E-state index in [9.17, 15) is 4.79 Å². The molecule has 0 spiro atoms. The van der Waals surface area contributed by atoms with Gasteiger partial charge in [-0.25, -0.2) is 0 Å². The Hall–Kier alpha value is -1.26. The molecule has 0 unspecified atom stereocenters. The summed E-state index contributed by atoms with van der Waals surface area (Å²) in [5, 5.41) is 0.606. The summed E-state index contributed by atoms with van der Waals surface area (Å²) in [6.07, 6.45) is 0. The quantitative estimate of drug-likeness (QED) is 0.874. The third-order valence-corrected chi connectivity index (χ3v) is 3.16. The largest absolute Gasteiger partial charge is 0.483 e. The van der Waals surface area contributed by atoms with Gasteiger partial charge in [-0.3, -0.25) is 4.79 Å². The van der Waals surface area contributed by atoms with Crippen molar-refractivity contribution in [3.8, 4) is 5.75 Å². The maximum atomic E-state index is 11.9. The molecule has 106 valence electrons. The average molecular weight is 285 g/mol. The zero-order chi connectivity index (χ0) is 14.4. The monoisotopic (exact) mass is 284 g/mol. The van der Waals surface area contributed by atoms with Gasteiger partial charge in [-0.05, 0) is 39.0 Å². The number of carbonyl (C=O) groups is 1. The third kappa shape index (κ3) is 4.40. The van der Waals surface area contributed by atoms with E-state index in [1.165, 1.54) is 0 Å². The second-order valence-corrected chi connectivity index (χ2v) is 4.76. The smallest absolute Gasteiger partial charge is 0.260 e. The van der Waals surface area contributed by atoms with Crippen molar-refractivity contribution in [3.05, 3.63) is 28.8 Å². The topological polar surface area (TPSA) is 55.6 Å². The fourth-order valence-corrected chi connectivity index (χ4v) is 1.99. The lowest BCUT2D eigenvalue weighted by Gasteiger charge is -2.20. The molecule has 0 aromatic heterocycles. The van der Waals surface area contributed by atoms with Gasteiger partial charge in [-0.1, -0.05) is 11.6 Å². The normalized spacial score (nSPS) is 12.1. The Morgan fingerprint density at radius 3 is 2.58 bits per heavy atom. The second kappa shape index (κ2) is 7.36. The number of hydrogen-bond donors (Lipinski definition) is 1. The van der Waals surface area contributed by atoms with Gasteiger partial charge in [0.25, 0.3) is 5.91 Å². The molecule has 2 N–H and O–H groups in total. The molecule has 0 saturated carbocycles. The highest BCUT2D eigenvalue weighted by Crippen LogP contribution is 2.27. The van der Waals surface area contributed by atoms with E-state index in [0.29, 0.717) is 23.9 Å². The maximum Gasteiger partial charge on any atom is 0.260 e. The number of amides is 1. The minimum atomic E-state index is -0.197. The lowest BCUT2D eigenvalue weighted by atomic mass is 10.1. The Kier molecular flexibility index (Phi) is 6.12. The maximum absolute atomic E-state index is 11.9. The van der Waals surface area contributed by atoms with E-state index in [-0.39, 0.29) is 18.6 Å². The molecule has 1 rings (SSSR count). The lowest BCUT2D eigenvalue weighted by molar-refractivity contribution is -0.132. The number of nitrogens with zero attached hydrogens (tertiary/aromatic N) is 1. The first-order chi connectivity index (χ1) is 8.99. The summed E-state index contributed by atoms with van der Waals surface area (Å²) < 4.78 is 5.57. The van der Waals surface area contributed by atoms with Gasteiger partial charge in [0.15, 0.2) is 6.61 Å². The minimum absolute atomic E-state index is 0.0169. The van der Waals surface area contributed by atoms with Crippen molar-refractivity contribution in [1.82, 2.24) is 4.90 Å². The molecule has 1 aromatic rings. The predicted molar refractivity (Wildman–Crippen MR) is 77.5 cm³/mol. The van der Waals surface area contributed by atoms with Crippen molar-refractivity contribution >= 4 is 17.5 Å². The summed E-state index contributed by atoms with van der Waals surface area (Å²) in [6.45, 7) is 7.11. The van der Waals surface area contributed by atoms with Crippen molar-refractivity contribution in [3.63, 3.8) is 0 Å². The summed E-state index contributed by atoms with van der Waals surface area (Å²) in [4.78, 5) is 13.6. The van der Waals surface area contributed by atoms with Gasteiger partial charge in [-0.2, -0.15) is 0 Å². The van der Waals surface area contributed by atoms with E-state index in [4.69, 9.17) is 22.1 Å². The SMILES string of the molecule is CCN(CC)C(=O)COc1ccc(Cl)cc1[C@H](C)N. The molecule has 0 aliphatic heterocycles. The van der Waals surface area contributed by atoms with Crippen LogP contribution in [0.25, 0.3) is 0 Å². The highest BCUT2D eigenvalue weighted by molar-refractivity contribution is 6.30. The molecular weight excluding hydrogens is 264 g/mol. The molecule has 0 fully saturated rings. The number of rotatable bonds is 6. The molecule has 0 bridgehead atoms. The Labute approximate surface area is 119 Å². The highest BCUT2D eigenvalue weighted by Gasteiger charge is 2.13. The molecule has 0 saturated heterocycles. The Morgan fingerprint density at radius 2 is 2.05 bits per heavy atom. The van der Waals surface area contributed by atoms with Gasteiger partial charge in [0, 0.05) is 29.7 Å². The van der Waals surface area contributed by atoms with Crippen LogP contribution in [0.2, 0.25) is 5.02 Å². The van der Waals surface area contributed by atoms with E-state index >= 15 is 0 Å². The van der Waals surface area contributed by atoms with E-state index in [1.807, 2.05) is 20.8 Å². The number of carbonyl (C=O) groups excluding carboxylic acids is 1. The van der Waals surface area contributed by atoms with E-state index in [1.54, 1.807) is 23.1 Å². The molecule has 0 aliphatic carbocycles. The van der Waals surface area contributed by atoms with Crippen molar-refractivity contribution in [2.75, 3.05) is 19.7 Å². The molecule has 5 heteroatoms. The van der Waals surface area contributed by atoms with Gasteiger partial charge in [-0.15, -0.1) is 0 Å². The molecular formula is C14H21ClN2O2. The van der Waals surface area contributed by atoms with Gasteiger partial charge in [0.1, 0.15) is 5.75 Å². The van der Waals surface area contributed by atoms with Gasteiger partial charge < -0.3 is 15.4 Å². The van der Waals surface area contributed by atoms with Crippen LogP contribution in [0.5, 0.6) is 5.75 Å². The van der Waals surface area contributed by atoms with Crippen molar-refractivity contribution in [2.24, 2.45) is 5.73 Å². The van der Waals surface area contributed by atoms with E-state index in [0.717, 1.165) is 5.56 Å². The third-order valence-electron chi connectivity index (χ3n) is 2.93. The second-order valence-electron chi connectivity index (χ2n) is 4.33. The molecule has 1 aromatic carbocycles. The van der Waals surface area contributed by atoms with Crippen LogP contribution in [-0.4, -0.2) is 30.5 Å². The summed E-state index contributed by atoms with van der Waals surface area (Å²) in [7, 11) is 0. The minimum Gasteiger partial charge on any atom is -0.483 e.